The number of carbonyl (C=O) groups is 2. The predicted octanol–water partition coefficient (Wildman–Crippen LogP) is 3.20. The molecule has 0 spiro atoms. The van der Waals surface area contributed by atoms with Gasteiger partial charge in [-0.1, -0.05) is 32.6 Å². The third-order valence-electron chi connectivity index (χ3n) is 4.72. The molecule has 0 saturated carbocycles. The van der Waals surface area contributed by atoms with Gasteiger partial charge >= 0.3 is 5.97 Å². The van der Waals surface area contributed by atoms with Crippen molar-refractivity contribution in [2.75, 3.05) is 71.4 Å². The van der Waals surface area contributed by atoms with Crippen LogP contribution in [0.5, 0.6) is 0 Å². The van der Waals surface area contributed by atoms with Crippen LogP contribution >= 0.6 is 0 Å². The number of carbonyl (C=O) groups excluding carboxylic acids is 2. The third-order valence-corrected chi connectivity index (χ3v) is 4.72. The molecule has 0 saturated heterocycles. The number of rotatable bonds is 22. The summed E-state index contributed by atoms with van der Waals surface area (Å²) in [5.74, 6) is -0.446. The third kappa shape index (κ3) is 16.6. The summed E-state index contributed by atoms with van der Waals surface area (Å²) in [4.78, 5) is 24.1. The van der Waals surface area contributed by atoms with Crippen molar-refractivity contribution in [3.8, 4) is 0 Å². The van der Waals surface area contributed by atoms with E-state index in [0.29, 0.717) is 63.9 Å². The van der Waals surface area contributed by atoms with E-state index in [-0.39, 0.29) is 25.7 Å². The van der Waals surface area contributed by atoms with E-state index in [1.54, 1.807) is 24.3 Å². The molecule has 0 heterocycles. The van der Waals surface area contributed by atoms with Crippen molar-refractivity contribution in [1.29, 1.82) is 0 Å². The summed E-state index contributed by atoms with van der Waals surface area (Å²) in [7, 11) is 0. The minimum atomic E-state index is -0.436. The Morgan fingerprint density at radius 1 is 0.735 bits per heavy atom. The second kappa shape index (κ2) is 21.5. The van der Waals surface area contributed by atoms with Gasteiger partial charge in [0.05, 0.1) is 65.0 Å². The molecule has 0 aromatic heterocycles. The molecule has 9 heteroatoms. The van der Waals surface area contributed by atoms with Gasteiger partial charge in [-0.05, 0) is 30.7 Å². The quantitative estimate of drug-likeness (QED) is 0.191. The first-order chi connectivity index (χ1) is 16.7. The number of aliphatic hydroxyl groups is 1. The number of hydrogen-bond donors (Lipinski definition) is 2. The van der Waals surface area contributed by atoms with Crippen LogP contribution in [-0.2, 0) is 28.5 Å². The van der Waals surface area contributed by atoms with Crippen LogP contribution in [0.4, 0.5) is 5.69 Å². The zero-order chi connectivity index (χ0) is 24.7. The summed E-state index contributed by atoms with van der Waals surface area (Å²) in [5, 5.41) is 11.4. The Kier molecular flexibility index (Phi) is 19.0. The van der Waals surface area contributed by atoms with Gasteiger partial charge in [-0.3, -0.25) is 4.79 Å². The fourth-order valence-corrected chi connectivity index (χ4v) is 2.91. The summed E-state index contributed by atoms with van der Waals surface area (Å²) >= 11 is 0. The van der Waals surface area contributed by atoms with Crippen LogP contribution < -0.4 is 5.32 Å². The number of benzene rings is 1. The molecule has 1 rings (SSSR count). The number of esters is 1. The molecule has 9 nitrogen and oxygen atoms in total. The normalized spacial score (nSPS) is 10.9. The average Bonchev–Trinajstić information content (AvgIpc) is 2.84. The molecular formula is C25H41NO8. The fourth-order valence-electron chi connectivity index (χ4n) is 2.91. The first-order valence-electron chi connectivity index (χ1n) is 12.2. The lowest BCUT2D eigenvalue weighted by Gasteiger charge is -2.08. The van der Waals surface area contributed by atoms with E-state index in [2.05, 4.69) is 12.2 Å². The Morgan fingerprint density at radius 3 is 1.82 bits per heavy atom. The largest absolute Gasteiger partial charge is 0.460 e. The Hall–Kier alpha value is -2.04. The second-order valence-corrected chi connectivity index (χ2v) is 7.60. The summed E-state index contributed by atoms with van der Waals surface area (Å²) < 4.78 is 26.3. The standard InChI is InChI=1S/C25H41NO8/c1-2-3-4-5-6-7-24(28)26-23-10-8-22(9-11-23)25(29)34-21-20-33-19-18-32-17-16-31-15-14-30-13-12-27/h8-11,27H,2-7,12-21H2,1H3,(H,26,28). The van der Waals surface area contributed by atoms with Crippen molar-refractivity contribution in [3.63, 3.8) is 0 Å². The summed E-state index contributed by atoms with van der Waals surface area (Å²) in [5.41, 5.74) is 1.08. The highest BCUT2D eigenvalue weighted by Gasteiger charge is 2.08. The zero-order valence-electron chi connectivity index (χ0n) is 20.4. The van der Waals surface area contributed by atoms with Crippen LogP contribution in [0.25, 0.3) is 0 Å². The van der Waals surface area contributed by atoms with Gasteiger partial charge in [0.1, 0.15) is 6.61 Å². The second-order valence-electron chi connectivity index (χ2n) is 7.60. The Bertz CT molecular complexity index is 638. The monoisotopic (exact) mass is 483 g/mol. The van der Waals surface area contributed by atoms with Crippen LogP contribution in [0.2, 0.25) is 0 Å². The first-order valence-corrected chi connectivity index (χ1v) is 12.2. The summed E-state index contributed by atoms with van der Waals surface area (Å²) in [6.45, 7) is 5.55. The van der Waals surface area contributed by atoms with Crippen molar-refractivity contribution < 1.29 is 38.4 Å². The van der Waals surface area contributed by atoms with Gasteiger partial charge < -0.3 is 34.1 Å². The van der Waals surface area contributed by atoms with Crippen LogP contribution in [0, 0.1) is 0 Å². The lowest BCUT2D eigenvalue weighted by atomic mass is 10.1. The predicted molar refractivity (Wildman–Crippen MR) is 129 cm³/mol. The van der Waals surface area contributed by atoms with Crippen molar-refractivity contribution in [1.82, 2.24) is 0 Å². The molecule has 0 bridgehead atoms. The molecule has 0 atom stereocenters. The van der Waals surface area contributed by atoms with Crippen LogP contribution in [-0.4, -0.2) is 83.1 Å². The molecule has 0 fully saturated rings. The van der Waals surface area contributed by atoms with Crippen molar-refractivity contribution in [2.24, 2.45) is 0 Å². The van der Waals surface area contributed by atoms with E-state index >= 15 is 0 Å². The smallest absolute Gasteiger partial charge is 0.338 e. The van der Waals surface area contributed by atoms with E-state index in [9.17, 15) is 9.59 Å². The molecule has 194 valence electrons. The summed E-state index contributed by atoms with van der Waals surface area (Å²) in [6, 6.07) is 6.67. The minimum Gasteiger partial charge on any atom is -0.460 e. The Balaban J connectivity index is 2.02. The molecule has 34 heavy (non-hydrogen) atoms. The number of nitrogens with one attached hydrogen (secondary N) is 1. The topological polar surface area (TPSA) is 113 Å². The number of hydrogen-bond acceptors (Lipinski definition) is 8. The van der Waals surface area contributed by atoms with Gasteiger partial charge in [-0.25, -0.2) is 4.79 Å². The maximum atomic E-state index is 12.1. The lowest BCUT2D eigenvalue weighted by Crippen LogP contribution is -2.15. The molecule has 1 aromatic carbocycles. The Labute approximate surface area is 203 Å². The Morgan fingerprint density at radius 2 is 1.26 bits per heavy atom. The van der Waals surface area contributed by atoms with Crippen molar-refractivity contribution in [3.05, 3.63) is 29.8 Å². The van der Waals surface area contributed by atoms with E-state index in [4.69, 9.17) is 28.8 Å². The number of anilines is 1. The number of unbranched alkanes of at least 4 members (excludes halogenated alkanes) is 4. The lowest BCUT2D eigenvalue weighted by molar-refractivity contribution is -0.116. The number of amides is 1. The van der Waals surface area contributed by atoms with E-state index in [1.165, 1.54) is 19.3 Å². The van der Waals surface area contributed by atoms with E-state index in [1.807, 2.05) is 0 Å². The highest BCUT2D eigenvalue weighted by atomic mass is 16.6. The molecule has 0 aliphatic rings. The first kappa shape index (κ1) is 30.0. The maximum absolute atomic E-state index is 12.1. The molecule has 1 amide bonds. The molecule has 0 radical (unpaired) electrons. The zero-order valence-corrected chi connectivity index (χ0v) is 20.4. The summed E-state index contributed by atoms with van der Waals surface area (Å²) in [6.07, 6.45) is 6.03. The van der Waals surface area contributed by atoms with Gasteiger partial charge in [0, 0.05) is 12.1 Å². The average molecular weight is 484 g/mol. The molecule has 0 aliphatic heterocycles. The maximum Gasteiger partial charge on any atom is 0.338 e. The van der Waals surface area contributed by atoms with Crippen LogP contribution in [0.15, 0.2) is 24.3 Å². The molecule has 1 aromatic rings. The van der Waals surface area contributed by atoms with Gasteiger partial charge in [0.2, 0.25) is 5.91 Å². The van der Waals surface area contributed by atoms with Crippen LogP contribution in [0.1, 0.15) is 55.8 Å². The van der Waals surface area contributed by atoms with Gasteiger partial charge in [-0.15, -0.1) is 0 Å². The van der Waals surface area contributed by atoms with E-state index in [0.717, 1.165) is 12.8 Å². The fraction of sp³-hybridized carbons (Fsp3) is 0.680. The number of aliphatic hydroxyl groups excluding tert-OH is 1. The highest BCUT2D eigenvalue weighted by molar-refractivity contribution is 5.93. The van der Waals surface area contributed by atoms with Crippen molar-refractivity contribution in [2.45, 2.75) is 45.4 Å². The molecule has 2 N–H and O–H groups in total. The molecular weight excluding hydrogens is 442 g/mol. The number of ether oxygens (including phenoxy) is 5. The highest BCUT2D eigenvalue weighted by Crippen LogP contribution is 2.12. The van der Waals surface area contributed by atoms with Gasteiger partial charge in [0.15, 0.2) is 0 Å². The van der Waals surface area contributed by atoms with Crippen molar-refractivity contribution >= 4 is 17.6 Å². The molecule has 0 unspecified atom stereocenters. The van der Waals surface area contributed by atoms with E-state index < -0.39 is 5.97 Å². The van der Waals surface area contributed by atoms with Gasteiger partial charge in [-0.2, -0.15) is 0 Å². The molecule has 0 aliphatic carbocycles. The van der Waals surface area contributed by atoms with Crippen LogP contribution in [0.3, 0.4) is 0 Å². The van der Waals surface area contributed by atoms with Gasteiger partial charge in [0.25, 0.3) is 0 Å². The SMILES string of the molecule is CCCCCCCC(=O)Nc1ccc(C(=O)OCCOCCOCCOCCOCCO)cc1. The minimum absolute atomic E-state index is 0.00962.